The van der Waals surface area contributed by atoms with Crippen LogP contribution >= 0.6 is 15.9 Å². The van der Waals surface area contributed by atoms with Crippen molar-refractivity contribution in [1.82, 2.24) is 14.9 Å². The lowest BCUT2D eigenvalue weighted by Crippen LogP contribution is -2.36. The van der Waals surface area contributed by atoms with E-state index >= 15 is 0 Å². The molecule has 0 bridgehead atoms. The van der Waals surface area contributed by atoms with Crippen LogP contribution in [0.15, 0.2) is 47.3 Å². The lowest BCUT2D eigenvalue weighted by atomic mass is 10.1. The third kappa shape index (κ3) is 2.97. The first-order valence-electron chi connectivity index (χ1n) is 7.01. The highest BCUT2D eigenvalue weighted by atomic mass is 79.9. The highest BCUT2D eigenvalue weighted by Gasteiger charge is 2.37. The number of rotatable bonds is 4. The second-order valence-corrected chi connectivity index (χ2v) is 6.09. The summed E-state index contributed by atoms with van der Waals surface area (Å²) in [6.07, 6.45) is 7.33. The molecule has 1 aliphatic rings. The van der Waals surface area contributed by atoms with Gasteiger partial charge in [0.1, 0.15) is 5.69 Å². The van der Waals surface area contributed by atoms with E-state index in [9.17, 15) is 4.79 Å². The number of amides is 1. The van der Waals surface area contributed by atoms with Gasteiger partial charge in [-0.25, -0.2) is 4.98 Å². The van der Waals surface area contributed by atoms with E-state index in [1.54, 1.807) is 12.4 Å². The molecule has 1 amide bonds. The van der Waals surface area contributed by atoms with Crippen LogP contribution in [-0.4, -0.2) is 26.8 Å². The number of pyridine rings is 2. The Labute approximate surface area is 132 Å². The Bertz CT molecular complexity index is 643. The van der Waals surface area contributed by atoms with Gasteiger partial charge in [-0.05, 0) is 59.5 Å². The minimum atomic E-state index is -0.0265. The first-order chi connectivity index (χ1) is 10.2. The van der Waals surface area contributed by atoms with Gasteiger partial charge in [0.2, 0.25) is 0 Å². The Kier molecular flexibility index (Phi) is 4.01. The van der Waals surface area contributed by atoms with Crippen molar-refractivity contribution in [3.05, 3.63) is 58.6 Å². The minimum absolute atomic E-state index is 0.00685. The number of carbonyl (C=O) groups excluding carboxylic acids is 1. The molecule has 1 saturated carbocycles. The first kappa shape index (κ1) is 14.2. The Hall–Kier alpha value is -1.75. The molecule has 1 unspecified atom stereocenters. The quantitative estimate of drug-likeness (QED) is 0.850. The van der Waals surface area contributed by atoms with Gasteiger partial charge in [0, 0.05) is 29.1 Å². The molecule has 3 rings (SSSR count). The monoisotopic (exact) mass is 345 g/mol. The summed E-state index contributed by atoms with van der Waals surface area (Å²) in [7, 11) is 0. The molecule has 21 heavy (non-hydrogen) atoms. The van der Waals surface area contributed by atoms with E-state index in [0.717, 1.165) is 22.9 Å². The Morgan fingerprint density at radius 3 is 2.71 bits per heavy atom. The summed E-state index contributed by atoms with van der Waals surface area (Å²) < 4.78 is 0.735. The highest BCUT2D eigenvalue weighted by molar-refractivity contribution is 9.10. The van der Waals surface area contributed by atoms with Crippen molar-refractivity contribution in [2.45, 2.75) is 31.8 Å². The van der Waals surface area contributed by atoms with Gasteiger partial charge in [0.25, 0.3) is 5.91 Å². The van der Waals surface area contributed by atoms with Crippen molar-refractivity contribution >= 4 is 21.8 Å². The van der Waals surface area contributed by atoms with Crippen molar-refractivity contribution in [1.29, 1.82) is 0 Å². The molecular formula is C16H16BrN3O. The maximum atomic E-state index is 12.9. The molecular weight excluding hydrogens is 330 g/mol. The van der Waals surface area contributed by atoms with Gasteiger partial charge in [0.15, 0.2) is 0 Å². The third-order valence-corrected chi connectivity index (χ3v) is 4.36. The molecule has 1 atom stereocenters. The molecule has 4 nitrogen and oxygen atoms in total. The van der Waals surface area contributed by atoms with Gasteiger partial charge < -0.3 is 4.90 Å². The summed E-state index contributed by atoms with van der Waals surface area (Å²) in [4.78, 5) is 23.2. The van der Waals surface area contributed by atoms with Gasteiger partial charge in [-0.3, -0.25) is 9.78 Å². The smallest absolute Gasteiger partial charge is 0.274 e. The lowest BCUT2D eigenvalue weighted by molar-refractivity contribution is 0.0666. The number of hydrogen-bond acceptors (Lipinski definition) is 3. The Morgan fingerprint density at radius 1 is 1.33 bits per heavy atom. The zero-order valence-electron chi connectivity index (χ0n) is 11.7. The molecule has 0 aliphatic heterocycles. The average molecular weight is 346 g/mol. The second-order valence-electron chi connectivity index (χ2n) is 5.24. The fraction of sp³-hybridized carbons (Fsp3) is 0.312. The molecule has 2 aromatic rings. The number of halogens is 1. The van der Waals surface area contributed by atoms with Crippen LogP contribution in [0.1, 0.15) is 41.9 Å². The fourth-order valence-electron chi connectivity index (χ4n) is 2.46. The number of nitrogens with zero attached hydrogens (tertiary/aromatic N) is 3. The Morgan fingerprint density at radius 2 is 2.10 bits per heavy atom. The third-order valence-electron chi connectivity index (χ3n) is 3.72. The zero-order valence-corrected chi connectivity index (χ0v) is 13.3. The van der Waals surface area contributed by atoms with Crippen LogP contribution in [0.25, 0.3) is 0 Å². The summed E-state index contributed by atoms with van der Waals surface area (Å²) >= 11 is 3.42. The van der Waals surface area contributed by atoms with Crippen LogP contribution in [0, 0.1) is 0 Å². The van der Waals surface area contributed by atoms with Crippen molar-refractivity contribution in [2.24, 2.45) is 0 Å². The summed E-state index contributed by atoms with van der Waals surface area (Å²) in [5.74, 6) is -0.0265. The van der Waals surface area contributed by atoms with Crippen LogP contribution in [-0.2, 0) is 0 Å². The predicted molar refractivity (Wildman–Crippen MR) is 83.8 cm³/mol. The average Bonchev–Trinajstić information content (AvgIpc) is 3.33. The van der Waals surface area contributed by atoms with E-state index < -0.39 is 0 Å². The highest BCUT2D eigenvalue weighted by Crippen LogP contribution is 2.35. The van der Waals surface area contributed by atoms with Crippen LogP contribution in [0.3, 0.4) is 0 Å². The maximum Gasteiger partial charge on any atom is 0.274 e. The molecule has 108 valence electrons. The van der Waals surface area contributed by atoms with Crippen molar-refractivity contribution in [3.8, 4) is 0 Å². The normalized spacial score (nSPS) is 15.5. The van der Waals surface area contributed by atoms with Crippen molar-refractivity contribution < 1.29 is 4.79 Å². The van der Waals surface area contributed by atoms with Gasteiger partial charge in [-0.1, -0.05) is 6.07 Å². The van der Waals surface area contributed by atoms with Gasteiger partial charge >= 0.3 is 0 Å². The molecule has 5 heteroatoms. The van der Waals surface area contributed by atoms with Gasteiger partial charge in [-0.2, -0.15) is 0 Å². The molecule has 2 aromatic heterocycles. The van der Waals surface area contributed by atoms with E-state index in [2.05, 4.69) is 25.9 Å². The lowest BCUT2D eigenvalue weighted by Gasteiger charge is -2.29. The van der Waals surface area contributed by atoms with Gasteiger partial charge in [0.05, 0.1) is 6.04 Å². The molecule has 1 fully saturated rings. The van der Waals surface area contributed by atoms with Crippen LogP contribution in [0.2, 0.25) is 0 Å². The number of aromatic nitrogens is 2. The Balaban J connectivity index is 1.92. The fourth-order valence-corrected chi connectivity index (χ4v) is 2.88. The molecule has 0 radical (unpaired) electrons. The molecule has 0 aromatic carbocycles. The number of carbonyl (C=O) groups is 1. The topological polar surface area (TPSA) is 46.1 Å². The molecule has 1 aliphatic carbocycles. The zero-order chi connectivity index (χ0) is 14.8. The summed E-state index contributed by atoms with van der Waals surface area (Å²) in [5, 5.41) is 0. The van der Waals surface area contributed by atoms with Gasteiger partial charge in [-0.15, -0.1) is 0 Å². The summed E-state index contributed by atoms with van der Waals surface area (Å²) in [6.45, 7) is 2.05. The van der Waals surface area contributed by atoms with E-state index in [4.69, 9.17) is 0 Å². The van der Waals surface area contributed by atoms with E-state index in [1.165, 1.54) is 0 Å². The van der Waals surface area contributed by atoms with Crippen LogP contribution in [0.4, 0.5) is 0 Å². The summed E-state index contributed by atoms with van der Waals surface area (Å²) in [5.41, 5.74) is 1.52. The maximum absolute atomic E-state index is 12.9. The largest absolute Gasteiger partial charge is 0.327 e. The molecule has 0 saturated heterocycles. The SMILES string of the molecule is CC(c1cccnc1)N(C(=O)c1ncccc1Br)C1CC1. The van der Waals surface area contributed by atoms with Crippen LogP contribution < -0.4 is 0 Å². The standard InChI is InChI=1S/C16H16BrN3O/c1-11(12-4-2-8-18-10-12)20(13-6-7-13)16(21)15-14(17)5-3-9-19-15/h2-5,8-11,13H,6-7H2,1H3. The van der Waals surface area contributed by atoms with E-state index in [-0.39, 0.29) is 11.9 Å². The molecule has 0 spiro atoms. The van der Waals surface area contributed by atoms with Crippen LogP contribution in [0.5, 0.6) is 0 Å². The first-order valence-corrected chi connectivity index (χ1v) is 7.81. The second kappa shape index (κ2) is 5.93. The van der Waals surface area contributed by atoms with E-state index in [0.29, 0.717) is 11.7 Å². The predicted octanol–water partition coefficient (Wildman–Crippen LogP) is 3.60. The molecule has 0 N–H and O–H groups in total. The van der Waals surface area contributed by atoms with E-state index in [1.807, 2.05) is 42.3 Å². The number of hydrogen-bond donors (Lipinski definition) is 0. The molecule has 2 heterocycles. The van der Waals surface area contributed by atoms with Crippen molar-refractivity contribution in [3.63, 3.8) is 0 Å². The summed E-state index contributed by atoms with van der Waals surface area (Å²) in [6, 6.07) is 7.87. The van der Waals surface area contributed by atoms with Crippen molar-refractivity contribution in [2.75, 3.05) is 0 Å². The minimum Gasteiger partial charge on any atom is -0.327 e.